The number of amides is 2. The first-order valence-corrected chi connectivity index (χ1v) is 7.31. The summed E-state index contributed by atoms with van der Waals surface area (Å²) in [7, 11) is 1.55. The van der Waals surface area contributed by atoms with Crippen molar-refractivity contribution in [3.63, 3.8) is 0 Å². The van der Waals surface area contributed by atoms with Gasteiger partial charge >= 0.3 is 12.0 Å². The van der Waals surface area contributed by atoms with Gasteiger partial charge in [0.2, 0.25) is 0 Å². The zero-order valence-corrected chi connectivity index (χ0v) is 13.6. The van der Waals surface area contributed by atoms with Gasteiger partial charge in [0.1, 0.15) is 5.75 Å². The number of benzene rings is 1. The fraction of sp³-hybridized carbons (Fsp3) is 0.429. The minimum atomic E-state index is -0.826. The average Bonchev–Trinajstić information content (AvgIpc) is 2.42. The number of nitrogens with one attached hydrogen (secondary N) is 2. The van der Waals surface area contributed by atoms with Crippen LogP contribution in [-0.4, -0.2) is 30.8 Å². The number of hydrogen-bond acceptors (Lipinski definition) is 3. The topological polar surface area (TPSA) is 87.7 Å². The second-order valence-electron chi connectivity index (χ2n) is 4.75. The number of anilines is 1. The molecule has 0 aliphatic carbocycles. The number of carbonyl (C=O) groups excluding carboxylic acids is 1. The minimum absolute atomic E-state index is 0.101. The highest BCUT2D eigenvalue weighted by atomic mass is 79.9. The van der Waals surface area contributed by atoms with Gasteiger partial charge in [-0.3, -0.25) is 4.79 Å². The zero-order chi connectivity index (χ0) is 15.8. The van der Waals surface area contributed by atoms with Gasteiger partial charge in [-0.2, -0.15) is 0 Å². The number of urea groups is 1. The summed E-state index contributed by atoms with van der Waals surface area (Å²) < 4.78 is 5.91. The number of hydrogen-bond donors (Lipinski definition) is 3. The molecule has 0 fully saturated rings. The Morgan fingerprint density at radius 1 is 1.38 bits per heavy atom. The van der Waals surface area contributed by atoms with Crippen LogP contribution in [0.4, 0.5) is 10.5 Å². The maximum absolute atomic E-state index is 11.8. The monoisotopic (exact) mass is 358 g/mol. The molecule has 7 heteroatoms. The van der Waals surface area contributed by atoms with Gasteiger partial charge in [0.15, 0.2) is 0 Å². The highest BCUT2D eigenvalue weighted by Crippen LogP contribution is 2.24. The van der Waals surface area contributed by atoms with Crippen LogP contribution in [0, 0.1) is 5.92 Å². The molecule has 0 saturated carbocycles. The lowest BCUT2D eigenvalue weighted by Gasteiger charge is -2.13. The van der Waals surface area contributed by atoms with E-state index in [0.717, 1.165) is 4.47 Å². The van der Waals surface area contributed by atoms with Crippen LogP contribution in [0.15, 0.2) is 22.7 Å². The van der Waals surface area contributed by atoms with Crippen molar-refractivity contribution in [2.75, 3.05) is 19.0 Å². The van der Waals surface area contributed by atoms with Crippen molar-refractivity contribution in [2.24, 2.45) is 5.92 Å². The average molecular weight is 359 g/mol. The normalized spacial score (nSPS) is 11.6. The standard InChI is InChI=1S/C14H19BrN2O4/c1-9(3-4-13(18)19)8-16-14(20)17-11-5-10(15)6-12(7-11)21-2/h5-7,9H,3-4,8H2,1-2H3,(H,18,19)(H2,16,17,20). The van der Waals surface area contributed by atoms with Crippen LogP contribution in [0.5, 0.6) is 5.75 Å². The van der Waals surface area contributed by atoms with Crippen LogP contribution in [0.3, 0.4) is 0 Å². The van der Waals surface area contributed by atoms with Crippen LogP contribution >= 0.6 is 15.9 Å². The smallest absolute Gasteiger partial charge is 0.319 e. The van der Waals surface area contributed by atoms with Gasteiger partial charge in [0.25, 0.3) is 0 Å². The SMILES string of the molecule is COc1cc(Br)cc(NC(=O)NCC(C)CCC(=O)O)c1. The molecule has 2 amide bonds. The van der Waals surface area contributed by atoms with E-state index >= 15 is 0 Å². The molecule has 1 aromatic rings. The largest absolute Gasteiger partial charge is 0.497 e. The quantitative estimate of drug-likeness (QED) is 0.698. The number of ether oxygens (including phenoxy) is 1. The number of rotatable bonds is 7. The molecule has 1 rings (SSSR count). The Balaban J connectivity index is 2.43. The Labute approximate surface area is 132 Å². The molecule has 116 valence electrons. The van der Waals surface area contributed by atoms with Crippen LogP contribution in [0.25, 0.3) is 0 Å². The van der Waals surface area contributed by atoms with Crippen LogP contribution in [0.2, 0.25) is 0 Å². The molecule has 21 heavy (non-hydrogen) atoms. The molecule has 1 atom stereocenters. The molecule has 3 N–H and O–H groups in total. The number of carboxylic acid groups (broad SMARTS) is 1. The van der Waals surface area contributed by atoms with E-state index in [1.807, 2.05) is 6.92 Å². The third-order valence-electron chi connectivity index (χ3n) is 2.83. The molecule has 1 aromatic carbocycles. The van der Waals surface area contributed by atoms with Crippen molar-refractivity contribution >= 4 is 33.6 Å². The van der Waals surface area contributed by atoms with E-state index < -0.39 is 5.97 Å². The summed E-state index contributed by atoms with van der Waals surface area (Å²) in [4.78, 5) is 22.2. The van der Waals surface area contributed by atoms with E-state index in [0.29, 0.717) is 24.4 Å². The number of carbonyl (C=O) groups is 2. The van der Waals surface area contributed by atoms with E-state index in [4.69, 9.17) is 9.84 Å². The fourth-order valence-corrected chi connectivity index (χ4v) is 2.14. The van der Waals surface area contributed by atoms with Gasteiger partial charge in [-0.25, -0.2) is 4.79 Å². The maximum Gasteiger partial charge on any atom is 0.319 e. The maximum atomic E-state index is 11.8. The van der Waals surface area contributed by atoms with E-state index in [1.54, 1.807) is 25.3 Å². The van der Waals surface area contributed by atoms with E-state index in [2.05, 4.69) is 26.6 Å². The second kappa shape index (κ2) is 8.51. The zero-order valence-electron chi connectivity index (χ0n) is 12.0. The van der Waals surface area contributed by atoms with Gasteiger partial charge < -0.3 is 20.5 Å². The Hall–Kier alpha value is -1.76. The molecular formula is C14H19BrN2O4. The van der Waals surface area contributed by atoms with Crippen molar-refractivity contribution in [1.82, 2.24) is 5.32 Å². The molecule has 0 saturated heterocycles. The lowest BCUT2D eigenvalue weighted by molar-refractivity contribution is -0.137. The highest BCUT2D eigenvalue weighted by molar-refractivity contribution is 9.10. The molecule has 0 aliphatic heterocycles. The molecule has 0 radical (unpaired) electrons. The Kier molecular flexibility index (Phi) is 7.01. The summed E-state index contributed by atoms with van der Waals surface area (Å²) in [5.74, 6) is -0.0917. The van der Waals surface area contributed by atoms with Gasteiger partial charge in [0.05, 0.1) is 7.11 Å². The van der Waals surface area contributed by atoms with Gasteiger partial charge in [0, 0.05) is 29.2 Å². The molecule has 0 aliphatic rings. The fourth-order valence-electron chi connectivity index (χ4n) is 1.67. The van der Waals surface area contributed by atoms with Gasteiger partial charge in [-0.1, -0.05) is 22.9 Å². The van der Waals surface area contributed by atoms with E-state index in [-0.39, 0.29) is 18.4 Å². The van der Waals surface area contributed by atoms with Crippen LogP contribution in [0.1, 0.15) is 19.8 Å². The van der Waals surface area contributed by atoms with Gasteiger partial charge in [-0.05, 0) is 24.5 Å². The van der Waals surface area contributed by atoms with E-state index in [9.17, 15) is 9.59 Å². The second-order valence-corrected chi connectivity index (χ2v) is 5.67. The number of aliphatic carboxylic acids is 1. The summed E-state index contributed by atoms with van der Waals surface area (Å²) in [6, 6.07) is 4.92. The number of halogens is 1. The summed E-state index contributed by atoms with van der Waals surface area (Å²) in [5, 5.41) is 14.0. The first kappa shape index (κ1) is 17.3. The predicted molar refractivity (Wildman–Crippen MR) is 83.7 cm³/mol. The minimum Gasteiger partial charge on any atom is -0.497 e. The van der Waals surface area contributed by atoms with Crippen molar-refractivity contribution in [1.29, 1.82) is 0 Å². The predicted octanol–water partition coefficient (Wildman–Crippen LogP) is 3.08. The summed E-state index contributed by atoms with van der Waals surface area (Å²) in [6.45, 7) is 2.32. The summed E-state index contributed by atoms with van der Waals surface area (Å²) >= 11 is 3.33. The highest BCUT2D eigenvalue weighted by Gasteiger charge is 2.08. The third kappa shape index (κ3) is 6.99. The molecule has 0 aromatic heterocycles. The molecule has 1 unspecified atom stereocenters. The number of methoxy groups -OCH3 is 1. The molecular weight excluding hydrogens is 340 g/mol. The Morgan fingerprint density at radius 2 is 2.10 bits per heavy atom. The lowest BCUT2D eigenvalue weighted by Crippen LogP contribution is -2.32. The molecule has 0 heterocycles. The number of carboxylic acids is 1. The van der Waals surface area contributed by atoms with Crippen molar-refractivity contribution < 1.29 is 19.4 Å². The van der Waals surface area contributed by atoms with Crippen molar-refractivity contribution in [3.8, 4) is 5.75 Å². The Morgan fingerprint density at radius 3 is 2.71 bits per heavy atom. The third-order valence-corrected chi connectivity index (χ3v) is 3.28. The van der Waals surface area contributed by atoms with Crippen molar-refractivity contribution in [3.05, 3.63) is 22.7 Å². The first-order chi connectivity index (χ1) is 9.90. The summed E-state index contributed by atoms with van der Waals surface area (Å²) in [6.07, 6.45) is 0.633. The van der Waals surface area contributed by atoms with Crippen molar-refractivity contribution in [2.45, 2.75) is 19.8 Å². The first-order valence-electron chi connectivity index (χ1n) is 6.52. The van der Waals surface area contributed by atoms with Gasteiger partial charge in [-0.15, -0.1) is 0 Å². The molecule has 6 nitrogen and oxygen atoms in total. The summed E-state index contributed by atoms with van der Waals surface area (Å²) in [5.41, 5.74) is 0.608. The van der Waals surface area contributed by atoms with Crippen LogP contribution in [-0.2, 0) is 4.79 Å². The lowest BCUT2D eigenvalue weighted by atomic mass is 10.1. The Bertz CT molecular complexity index is 508. The van der Waals surface area contributed by atoms with E-state index in [1.165, 1.54) is 0 Å². The van der Waals surface area contributed by atoms with Crippen LogP contribution < -0.4 is 15.4 Å². The molecule has 0 bridgehead atoms. The molecule has 0 spiro atoms.